The van der Waals surface area contributed by atoms with Gasteiger partial charge < -0.3 is 4.74 Å². The molecule has 1 aliphatic rings. The molecule has 1 fully saturated rings. The highest BCUT2D eigenvalue weighted by molar-refractivity contribution is 5.38. The second kappa shape index (κ2) is 4.57. The van der Waals surface area contributed by atoms with Crippen LogP contribution in [0.15, 0.2) is 48.5 Å². The fraction of sp³-hybridized carbons (Fsp3) is 0.125. The molecule has 1 aliphatic heterocycles. The number of ether oxygens (including phenoxy) is 1. The summed E-state index contributed by atoms with van der Waals surface area (Å²) < 4.78 is 5.67. The maximum Gasteiger partial charge on any atom is 0.114 e. The molecule has 0 N–H and O–H groups in total. The van der Waals surface area contributed by atoms with E-state index in [1.54, 1.807) is 24.3 Å². The molecule has 1 heterocycles. The van der Waals surface area contributed by atoms with Gasteiger partial charge in [0.15, 0.2) is 0 Å². The van der Waals surface area contributed by atoms with Gasteiger partial charge in [0.2, 0.25) is 0 Å². The van der Waals surface area contributed by atoms with Crippen LogP contribution in [0.1, 0.15) is 34.5 Å². The Hall–Kier alpha value is -2.62. The van der Waals surface area contributed by atoms with Gasteiger partial charge in [0.05, 0.1) is 23.3 Å². The van der Waals surface area contributed by atoms with Gasteiger partial charge in [0, 0.05) is 0 Å². The second-order valence-corrected chi connectivity index (χ2v) is 4.44. The van der Waals surface area contributed by atoms with Gasteiger partial charge in [-0.25, -0.2) is 0 Å². The minimum atomic E-state index is 0.0562. The van der Waals surface area contributed by atoms with Crippen molar-refractivity contribution in [3.05, 3.63) is 70.8 Å². The topological polar surface area (TPSA) is 60.1 Å². The van der Waals surface area contributed by atoms with E-state index < -0.39 is 0 Å². The highest BCUT2D eigenvalue weighted by atomic mass is 16.6. The van der Waals surface area contributed by atoms with Crippen molar-refractivity contribution in [3.63, 3.8) is 0 Å². The summed E-state index contributed by atoms with van der Waals surface area (Å²) in [5.74, 6) is 0. The number of epoxide rings is 1. The molecule has 0 spiro atoms. The van der Waals surface area contributed by atoms with Crippen LogP contribution in [0.2, 0.25) is 0 Å². The van der Waals surface area contributed by atoms with Crippen molar-refractivity contribution in [2.75, 3.05) is 0 Å². The maximum atomic E-state index is 8.75. The Kier molecular flexibility index (Phi) is 2.76. The van der Waals surface area contributed by atoms with Crippen LogP contribution in [-0.4, -0.2) is 0 Å². The Morgan fingerprint density at radius 1 is 0.684 bits per heavy atom. The lowest BCUT2D eigenvalue weighted by atomic mass is 10.0. The van der Waals surface area contributed by atoms with Gasteiger partial charge in [-0.05, 0) is 35.4 Å². The maximum absolute atomic E-state index is 8.75. The summed E-state index contributed by atoms with van der Waals surface area (Å²) >= 11 is 0. The molecule has 90 valence electrons. The lowest BCUT2D eigenvalue weighted by Gasteiger charge is -1.97. The van der Waals surface area contributed by atoms with Gasteiger partial charge in [-0.15, -0.1) is 0 Å². The third-order valence-corrected chi connectivity index (χ3v) is 3.23. The van der Waals surface area contributed by atoms with E-state index in [1.165, 1.54) is 0 Å². The molecule has 2 aromatic carbocycles. The summed E-state index contributed by atoms with van der Waals surface area (Å²) in [6.45, 7) is 0. The first kappa shape index (κ1) is 11.5. The molecule has 0 radical (unpaired) electrons. The van der Waals surface area contributed by atoms with E-state index in [0.29, 0.717) is 11.1 Å². The van der Waals surface area contributed by atoms with E-state index in [4.69, 9.17) is 15.3 Å². The average molecular weight is 246 g/mol. The van der Waals surface area contributed by atoms with Gasteiger partial charge in [-0.3, -0.25) is 0 Å². The molecule has 3 nitrogen and oxygen atoms in total. The molecular formula is C16H10N2O. The van der Waals surface area contributed by atoms with Crippen LogP contribution in [0.3, 0.4) is 0 Å². The standard InChI is InChI=1S/C16H10N2O/c17-9-11-1-5-13(6-2-11)15-16(19-15)14-7-3-12(10-18)4-8-14/h1-8,15-16H/t15-,16+. The SMILES string of the molecule is N#Cc1ccc([C@H]2O[C@H]2c2ccc(C#N)cc2)cc1. The number of hydrogen-bond donors (Lipinski definition) is 0. The molecule has 0 aliphatic carbocycles. The molecule has 0 bridgehead atoms. The quantitative estimate of drug-likeness (QED) is 0.764. The Bertz CT molecular complexity index is 613. The number of nitrogens with zero attached hydrogens (tertiary/aromatic N) is 2. The van der Waals surface area contributed by atoms with Gasteiger partial charge in [-0.2, -0.15) is 10.5 Å². The van der Waals surface area contributed by atoms with Crippen LogP contribution in [0.4, 0.5) is 0 Å². The van der Waals surface area contributed by atoms with E-state index >= 15 is 0 Å². The van der Waals surface area contributed by atoms with E-state index in [-0.39, 0.29) is 12.2 Å². The number of rotatable bonds is 2. The van der Waals surface area contributed by atoms with E-state index in [2.05, 4.69) is 12.1 Å². The largest absolute Gasteiger partial charge is 0.359 e. The first-order chi connectivity index (χ1) is 9.31. The summed E-state index contributed by atoms with van der Waals surface area (Å²) in [6.07, 6.45) is 0.112. The minimum Gasteiger partial charge on any atom is -0.359 e. The van der Waals surface area contributed by atoms with E-state index in [9.17, 15) is 0 Å². The molecule has 2 atom stereocenters. The summed E-state index contributed by atoms with van der Waals surface area (Å²) in [5.41, 5.74) is 3.46. The van der Waals surface area contributed by atoms with Gasteiger partial charge in [0.1, 0.15) is 12.2 Å². The van der Waals surface area contributed by atoms with Crippen molar-refractivity contribution < 1.29 is 4.74 Å². The summed E-state index contributed by atoms with van der Waals surface area (Å²) in [5, 5.41) is 17.5. The molecule has 19 heavy (non-hydrogen) atoms. The summed E-state index contributed by atoms with van der Waals surface area (Å²) in [4.78, 5) is 0. The highest BCUT2D eigenvalue weighted by Crippen LogP contribution is 2.50. The molecule has 0 aromatic heterocycles. The molecule has 2 aromatic rings. The van der Waals surface area contributed by atoms with Crippen molar-refractivity contribution in [1.29, 1.82) is 10.5 Å². The predicted molar refractivity (Wildman–Crippen MR) is 68.9 cm³/mol. The smallest absolute Gasteiger partial charge is 0.114 e. The lowest BCUT2D eigenvalue weighted by Crippen LogP contribution is -1.85. The second-order valence-electron chi connectivity index (χ2n) is 4.44. The molecule has 0 unspecified atom stereocenters. The number of nitriles is 2. The van der Waals surface area contributed by atoms with Crippen molar-refractivity contribution in [2.24, 2.45) is 0 Å². The van der Waals surface area contributed by atoms with Crippen LogP contribution in [-0.2, 0) is 4.74 Å². The van der Waals surface area contributed by atoms with Crippen LogP contribution in [0.25, 0.3) is 0 Å². The molecule has 3 heteroatoms. The van der Waals surface area contributed by atoms with Crippen molar-refractivity contribution in [2.45, 2.75) is 12.2 Å². The first-order valence-corrected chi connectivity index (χ1v) is 5.97. The van der Waals surface area contributed by atoms with Crippen molar-refractivity contribution in [1.82, 2.24) is 0 Å². The summed E-state index contributed by atoms with van der Waals surface area (Å²) in [7, 11) is 0. The normalized spacial score (nSPS) is 20.3. The molecule has 0 amide bonds. The lowest BCUT2D eigenvalue weighted by molar-refractivity contribution is 0.377. The Morgan fingerprint density at radius 2 is 1.05 bits per heavy atom. The summed E-state index contributed by atoms with van der Waals surface area (Å²) in [6, 6.07) is 19.1. The van der Waals surface area contributed by atoms with Crippen LogP contribution in [0.5, 0.6) is 0 Å². The zero-order chi connectivity index (χ0) is 13.2. The van der Waals surface area contributed by atoms with Crippen LogP contribution in [0, 0.1) is 22.7 Å². The fourth-order valence-electron chi connectivity index (χ4n) is 2.11. The van der Waals surface area contributed by atoms with Gasteiger partial charge >= 0.3 is 0 Å². The fourth-order valence-corrected chi connectivity index (χ4v) is 2.11. The predicted octanol–water partition coefficient (Wildman–Crippen LogP) is 3.24. The Balaban J connectivity index is 1.76. The monoisotopic (exact) mass is 246 g/mol. The zero-order valence-corrected chi connectivity index (χ0v) is 10.1. The van der Waals surface area contributed by atoms with Gasteiger partial charge in [0.25, 0.3) is 0 Å². The Labute approximate surface area is 111 Å². The number of hydrogen-bond acceptors (Lipinski definition) is 3. The van der Waals surface area contributed by atoms with Crippen LogP contribution < -0.4 is 0 Å². The van der Waals surface area contributed by atoms with Crippen molar-refractivity contribution in [3.8, 4) is 12.1 Å². The average Bonchev–Trinajstić information content (AvgIpc) is 3.28. The first-order valence-electron chi connectivity index (χ1n) is 5.97. The number of benzene rings is 2. The zero-order valence-electron chi connectivity index (χ0n) is 10.1. The van der Waals surface area contributed by atoms with Crippen molar-refractivity contribution >= 4 is 0 Å². The molecule has 1 saturated heterocycles. The third kappa shape index (κ3) is 2.20. The van der Waals surface area contributed by atoms with E-state index in [0.717, 1.165) is 11.1 Å². The van der Waals surface area contributed by atoms with E-state index in [1.807, 2.05) is 24.3 Å². The van der Waals surface area contributed by atoms with Gasteiger partial charge in [-0.1, -0.05) is 24.3 Å². The highest BCUT2D eigenvalue weighted by Gasteiger charge is 2.41. The third-order valence-electron chi connectivity index (χ3n) is 3.23. The Morgan fingerprint density at radius 3 is 1.37 bits per heavy atom. The molecule has 3 rings (SSSR count). The minimum absolute atomic E-state index is 0.0562. The molecule has 0 saturated carbocycles. The molecular weight excluding hydrogens is 236 g/mol. The van der Waals surface area contributed by atoms with Crippen LogP contribution >= 0.6 is 0 Å².